The van der Waals surface area contributed by atoms with Crippen LogP contribution in [0.3, 0.4) is 0 Å². The number of benzene rings is 3. The molecule has 0 unspecified atom stereocenters. The van der Waals surface area contributed by atoms with Crippen molar-refractivity contribution in [2.45, 2.75) is 0 Å². The van der Waals surface area contributed by atoms with Gasteiger partial charge in [0.05, 0.1) is 0 Å². The monoisotopic (exact) mass is 414 g/mol. The molecule has 3 aromatic carbocycles. The Balaban J connectivity index is 1.60. The number of primary amides is 1. The smallest absolute Gasteiger partial charge is 0.251 e. The van der Waals surface area contributed by atoms with E-state index in [9.17, 15) is 14.7 Å². The van der Waals surface area contributed by atoms with Gasteiger partial charge in [0.1, 0.15) is 11.6 Å². The summed E-state index contributed by atoms with van der Waals surface area (Å²) >= 11 is 0. The molecule has 156 valence electrons. The maximum atomic E-state index is 12.3. The second-order valence-corrected chi connectivity index (χ2v) is 6.82. The Kier molecular flexibility index (Phi) is 6.47. The number of hydrogen-bond acceptors (Lipinski definition) is 4. The predicted octanol–water partition coefficient (Wildman–Crippen LogP) is 2.89. The molecule has 2 amide bonds. The van der Waals surface area contributed by atoms with Crippen LogP contribution in [0.2, 0.25) is 0 Å². The molecule has 0 aromatic heterocycles. The van der Waals surface area contributed by atoms with Crippen LogP contribution >= 0.6 is 0 Å². The molecule has 7 N–H and O–H groups in total. The number of rotatable bonds is 7. The molecule has 3 rings (SSSR count). The average Bonchev–Trinajstić information content (AvgIpc) is 2.77. The van der Waals surface area contributed by atoms with Gasteiger partial charge in [0, 0.05) is 28.8 Å². The van der Waals surface area contributed by atoms with Crippen molar-refractivity contribution in [3.63, 3.8) is 0 Å². The Morgan fingerprint density at radius 3 is 1.97 bits per heavy atom. The minimum atomic E-state index is -0.477. The highest BCUT2D eigenvalue weighted by Crippen LogP contribution is 2.21. The van der Waals surface area contributed by atoms with E-state index in [0.29, 0.717) is 22.3 Å². The molecule has 0 saturated carbocycles. The van der Waals surface area contributed by atoms with Gasteiger partial charge in [0.25, 0.3) is 5.91 Å². The number of phenols is 1. The van der Waals surface area contributed by atoms with Gasteiger partial charge in [-0.2, -0.15) is 0 Å². The molecule has 0 atom stereocenters. The van der Waals surface area contributed by atoms with Gasteiger partial charge in [-0.05, 0) is 53.6 Å². The molecule has 31 heavy (non-hydrogen) atoms. The van der Waals surface area contributed by atoms with Gasteiger partial charge in [-0.15, -0.1) is 0 Å². The molecule has 0 bridgehead atoms. The Labute approximate surface area is 179 Å². The van der Waals surface area contributed by atoms with Crippen molar-refractivity contribution in [1.82, 2.24) is 5.32 Å². The van der Waals surface area contributed by atoms with Gasteiger partial charge in [0.2, 0.25) is 5.91 Å². The lowest BCUT2D eigenvalue weighted by atomic mass is 10.0. The highest BCUT2D eigenvalue weighted by molar-refractivity contribution is 5.96. The highest BCUT2D eigenvalue weighted by Gasteiger charge is 2.06. The maximum Gasteiger partial charge on any atom is 0.251 e. The SMILES string of the molecule is N=C(N)c1ccc(O)c(/C=C/CNC(=O)c2ccc(-c3ccc(C(N)=O)cc3)cc2)c1. The molecule has 3 aromatic rings. The van der Waals surface area contributed by atoms with Crippen molar-refractivity contribution in [3.05, 3.63) is 95.1 Å². The average molecular weight is 414 g/mol. The fourth-order valence-corrected chi connectivity index (χ4v) is 2.94. The molecular formula is C24H22N4O3. The number of carbonyl (C=O) groups is 2. The summed E-state index contributed by atoms with van der Waals surface area (Å²) in [6.45, 7) is 0.263. The van der Waals surface area contributed by atoms with Crippen LogP contribution in [0.4, 0.5) is 0 Å². The zero-order valence-electron chi connectivity index (χ0n) is 16.6. The summed E-state index contributed by atoms with van der Waals surface area (Å²) in [6.07, 6.45) is 3.35. The predicted molar refractivity (Wildman–Crippen MR) is 121 cm³/mol. The van der Waals surface area contributed by atoms with Crippen molar-refractivity contribution in [2.24, 2.45) is 11.5 Å². The Bertz CT molecular complexity index is 1150. The second-order valence-electron chi connectivity index (χ2n) is 6.82. The third-order valence-corrected chi connectivity index (χ3v) is 4.67. The molecule has 0 radical (unpaired) electrons. The molecular weight excluding hydrogens is 392 g/mol. The lowest BCUT2D eigenvalue weighted by Gasteiger charge is -2.06. The van der Waals surface area contributed by atoms with Gasteiger partial charge < -0.3 is 21.9 Å². The van der Waals surface area contributed by atoms with Crippen molar-refractivity contribution in [2.75, 3.05) is 6.54 Å². The first-order valence-electron chi connectivity index (χ1n) is 9.47. The summed E-state index contributed by atoms with van der Waals surface area (Å²) < 4.78 is 0. The van der Waals surface area contributed by atoms with E-state index in [4.69, 9.17) is 16.9 Å². The van der Waals surface area contributed by atoms with Gasteiger partial charge in [-0.3, -0.25) is 15.0 Å². The van der Waals surface area contributed by atoms with E-state index in [0.717, 1.165) is 11.1 Å². The van der Waals surface area contributed by atoms with E-state index in [1.165, 1.54) is 6.07 Å². The number of amidine groups is 1. The van der Waals surface area contributed by atoms with Gasteiger partial charge in [-0.1, -0.05) is 36.4 Å². The van der Waals surface area contributed by atoms with Crippen LogP contribution in [-0.2, 0) is 0 Å². The first kappa shape index (κ1) is 21.3. The number of nitrogens with one attached hydrogen (secondary N) is 2. The molecule has 0 aliphatic carbocycles. The number of aromatic hydroxyl groups is 1. The summed E-state index contributed by atoms with van der Waals surface area (Å²) in [5.41, 5.74) is 14.5. The summed E-state index contributed by atoms with van der Waals surface area (Å²) in [4.78, 5) is 23.5. The van der Waals surface area contributed by atoms with Crippen molar-refractivity contribution < 1.29 is 14.7 Å². The van der Waals surface area contributed by atoms with Crippen molar-refractivity contribution >= 4 is 23.7 Å². The van der Waals surface area contributed by atoms with E-state index in [-0.39, 0.29) is 24.0 Å². The Morgan fingerprint density at radius 2 is 1.42 bits per heavy atom. The van der Waals surface area contributed by atoms with Crippen molar-refractivity contribution in [1.29, 1.82) is 5.41 Å². The largest absolute Gasteiger partial charge is 0.507 e. The second kappa shape index (κ2) is 9.41. The molecule has 0 aliphatic rings. The van der Waals surface area contributed by atoms with Crippen LogP contribution in [0.1, 0.15) is 31.8 Å². The molecule has 0 spiro atoms. The number of amides is 2. The maximum absolute atomic E-state index is 12.3. The van der Waals surface area contributed by atoms with Crippen LogP contribution in [0.5, 0.6) is 5.75 Å². The van der Waals surface area contributed by atoms with E-state index in [1.54, 1.807) is 60.7 Å². The van der Waals surface area contributed by atoms with Crippen LogP contribution in [-0.4, -0.2) is 29.3 Å². The molecule has 0 aliphatic heterocycles. The summed E-state index contributed by atoms with van der Waals surface area (Å²) in [6, 6.07) is 18.7. The van der Waals surface area contributed by atoms with Crippen LogP contribution < -0.4 is 16.8 Å². The molecule has 0 saturated heterocycles. The number of nitrogens with two attached hydrogens (primary N) is 2. The van der Waals surface area contributed by atoms with Crippen LogP contribution in [0, 0.1) is 5.41 Å². The molecule has 7 heteroatoms. The fourth-order valence-electron chi connectivity index (χ4n) is 2.94. The first-order chi connectivity index (χ1) is 14.8. The standard InChI is InChI=1S/C24H22N4O3/c25-22(26)20-11-12-21(29)19(14-20)2-1-13-28-24(31)18-9-5-16(6-10-18)15-3-7-17(8-4-15)23(27)30/h1-12,14,29H,13H2,(H3,25,26)(H2,27,30)(H,28,31)/b2-1+. The lowest BCUT2D eigenvalue weighted by Crippen LogP contribution is -2.23. The van der Waals surface area contributed by atoms with E-state index in [1.807, 2.05) is 12.1 Å². The third-order valence-electron chi connectivity index (χ3n) is 4.67. The van der Waals surface area contributed by atoms with E-state index >= 15 is 0 Å². The zero-order valence-corrected chi connectivity index (χ0v) is 16.6. The van der Waals surface area contributed by atoms with Gasteiger partial charge >= 0.3 is 0 Å². The zero-order chi connectivity index (χ0) is 22.4. The summed E-state index contributed by atoms with van der Waals surface area (Å²) in [5, 5.41) is 20.1. The number of hydrogen-bond donors (Lipinski definition) is 5. The highest BCUT2D eigenvalue weighted by atomic mass is 16.3. The molecule has 7 nitrogen and oxygen atoms in total. The Morgan fingerprint density at radius 1 is 0.871 bits per heavy atom. The number of carbonyl (C=O) groups excluding carboxylic acids is 2. The third kappa shape index (κ3) is 5.36. The number of phenolic OH excluding ortho intramolecular Hbond substituents is 1. The minimum absolute atomic E-state index is 0.0621. The number of nitrogen functional groups attached to an aromatic ring is 1. The van der Waals surface area contributed by atoms with Gasteiger partial charge in [-0.25, -0.2) is 0 Å². The fraction of sp³-hybridized carbons (Fsp3) is 0.0417. The van der Waals surface area contributed by atoms with Crippen molar-refractivity contribution in [3.8, 4) is 16.9 Å². The molecule has 0 heterocycles. The van der Waals surface area contributed by atoms with Crippen LogP contribution in [0.15, 0.2) is 72.8 Å². The van der Waals surface area contributed by atoms with E-state index in [2.05, 4.69) is 5.32 Å². The summed E-state index contributed by atoms with van der Waals surface area (Å²) in [5.74, 6) is -0.737. The quantitative estimate of drug-likeness (QED) is 0.299. The summed E-state index contributed by atoms with van der Waals surface area (Å²) in [7, 11) is 0. The minimum Gasteiger partial charge on any atom is -0.507 e. The topological polar surface area (TPSA) is 142 Å². The normalized spacial score (nSPS) is 10.7. The Hall–Kier alpha value is -4.39. The lowest BCUT2D eigenvalue weighted by molar-refractivity contribution is 0.0956. The first-order valence-corrected chi connectivity index (χ1v) is 9.47. The van der Waals surface area contributed by atoms with Gasteiger partial charge in [0.15, 0.2) is 0 Å². The van der Waals surface area contributed by atoms with E-state index < -0.39 is 5.91 Å². The molecule has 0 fully saturated rings. The van der Waals surface area contributed by atoms with Crippen LogP contribution in [0.25, 0.3) is 17.2 Å².